The van der Waals surface area contributed by atoms with E-state index in [1.165, 1.54) is 4.90 Å². The van der Waals surface area contributed by atoms with E-state index in [-0.39, 0.29) is 5.92 Å². The van der Waals surface area contributed by atoms with Gasteiger partial charge in [0, 0.05) is 0 Å². The summed E-state index contributed by atoms with van der Waals surface area (Å²) in [6.07, 6.45) is -0.786. The number of benzene rings is 2. The first kappa shape index (κ1) is 22.0. The van der Waals surface area contributed by atoms with Crippen LogP contribution in [0, 0.1) is 12.8 Å². The summed E-state index contributed by atoms with van der Waals surface area (Å²) in [5.41, 5.74) is 2.22. The summed E-state index contributed by atoms with van der Waals surface area (Å²) in [4.78, 5) is 27.9. The van der Waals surface area contributed by atoms with Crippen LogP contribution in [0.15, 0.2) is 36.4 Å². The molecule has 0 saturated heterocycles. The topological polar surface area (TPSA) is 55.8 Å². The SMILES string of the molecule is COc1ccc(C(=O)N2C(=O)C(C(C)C)Oc3c([CH]=[Ru]([Cl])[Cl])cccc32)c(C)c1. The summed E-state index contributed by atoms with van der Waals surface area (Å²) < 4.78 is 13.0. The first-order valence-corrected chi connectivity index (χ1v) is 14.4. The summed E-state index contributed by atoms with van der Waals surface area (Å²) in [5, 5.41) is 0. The molecular formula is C21H21Cl2NO4Ru. The van der Waals surface area contributed by atoms with Gasteiger partial charge in [-0.3, -0.25) is 0 Å². The van der Waals surface area contributed by atoms with Crippen molar-refractivity contribution < 1.29 is 32.6 Å². The number of carbonyl (C=O) groups is 2. The summed E-state index contributed by atoms with van der Waals surface area (Å²) in [5.74, 6) is 0.163. The molecule has 0 N–H and O–H groups in total. The summed E-state index contributed by atoms with van der Waals surface area (Å²) in [6.45, 7) is 5.56. The zero-order chi connectivity index (χ0) is 21.3. The fourth-order valence-electron chi connectivity index (χ4n) is 3.19. The van der Waals surface area contributed by atoms with Gasteiger partial charge in [0.15, 0.2) is 0 Å². The van der Waals surface area contributed by atoms with Crippen LogP contribution in [0.3, 0.4) is 0 Å². The minimum atomic E-state index is -2.13. The number of amides is 2. The third kappa shape index (κ3) is 4.40. The summed E-state index contributed by atoms with van der Waals surface area (Å²) >= 11 is -2.13. The molecule has 0 radical (unpaired) electrons. The molecule has 0 aliphatic carbocycles. The molecule has 0 saturated carbocycles. The van der Waals surface area contributed by atoms with Gasteiger partial charge in [0.1, 0.15) is 0 Å². The molecular weight excluding hydrogens is 502 g/mol. The Kier molecular flexibility index (Phi) is 6.77. The Hall–Kier alpha value is -1.75. The number of anilines is 1. The number of methoxy groups -OCH3 is 1. The van der Waals surface area contributed by atoms with Crippen molar-refractivity contribution in [1.29, 1.82) is 0 Å². The normalized spacial score (nSPS) is 16.2. The number of halogens is 2. The van der Waals surface area contributed by atoms with E-state index in [4.69, 9.17) is 28.9 Å². The Morgan fingerprint density at radius 2 is 2.00 bits per heavy atom. The van der Waals surface area contributed by atoms with Crippen LogP contribution in [0.4, 0.5) is 5.69 Å². The van der Waals surface area contributed by atoms with Crippen LogP contribution in [0.1, 0.15) is 35.3 Å². The van der Waals surface area contributed by atoms with Gasteiger partial charge in [0.2, 0.25) is 0 Å². The number of fused-ring (bicyclic) bond motifs is 1. The maximum absolute atomic E-state index is 13.5. The average molecular weight is 523 g/mol. The molecule has 29 heavy (non-hydrogen) atoms. The zero-order valence-electron chi connectivity index (χ0n) is 16.4. The zero-order valence-corrected chi connectivity index (χ0v) is 19.6. The predicted octanol–water partition coefficient (Wildman–Crippen LogP) is 4.67. The van der Waals surface area contributed by atoms with Crippen molar-refractivity contribution >= 4 is 41.5 Å². The number of carbonyl (C=O) groups excluding carboxylic acids is 2. The van der Waals surface area contributed by atoms with Gasteiger partial charge < -0.3 is 0 Å². The molecule has 1 atom stereocenters. The van der Waals surface area contributed by atoms with Crippen molar-refractivity contribution in [2.45, 2.75) is 26.9 Å². The van der Waals surface area contributed by atoms with Crippen molar-refractivity contribution in [3.8, 4) is 11.5 Å². The molecule has 0 bridgehead atoms. The fourth-order valence-corrected chi connectivity index (χ4v) is 4.97. The van der Waals surface area contributed by atoms with Crippen molar-refractivity contribution in [2.24, 2.45) is 5.92 Å². The molecule has 0 aromatic heterocycles. The van der Waals surface area contributed by atoms with Crippen molar-refractivity contribution in [3.05, 3.63) is 53.1 Å². The van der Waals surface area contributed by atoms with E-state index in [9.17, 15) is 9.59 Å². The molecule has 2 aromatic rings. The monoisotopic (exact) mass is 523 g/mol. The fraction of sp³-hybridized carbons (Fsp3) is 0.286. The van der Waals surface area contributed by atoms with Crippen LogP contribution < -0.4 is 14.4 Å². The molecule has 3 rings (SSSR count). The summed E-state index contributed by atoms with van der Waals surface area (Å²) in [7, 11) is 13.7. The molecule has 0 fully saturated rings. The Bertz CT molecular complexity index is 1000. The first-order valence-electron chi connectivity index (χ1n) is 8.90. The number of nitrogens with zero attached hydrogens (tertiary/aromatic N) is 1. The van der Waals surface area contributed by atoms with E-state index in [0.29, 0.717) is 33.9 Å². The second-order valence-corrected chi connectivity index (χ2v) is 12.7. The third-order valence-electron chi connectivity index (χ3n) is 4.63. The molecule has 2 aromatic carbocycles. The van der Waals surface area contributed by atoms with Crippen LogP contribution in [-0.2, 0) is 18.3 Å². The Balaban J connectivity index is 2.16. The van der Waals surface area contributed by atoms with Crippen LogP contribution >= 0.6 is 19.4 Å². The third-order valence-corrected chi connectivity index (χ3v) is 6.47. The maximum atomic E-state index is 13.5. The van der Waals surface area contributed by atoms with Gasteiger partial charge in [-0.1, -0.05) is 0 Å². The number of aryl methyl sites for hydroxylation is 1. The van der Waals surface area contributed by atoms with Crippen LogP contribution in [0.5, 0.6) is 11.5 Å². The van der Waals surface area contributed by atoms with Crippen molar-refractivity contribution in [1.82, 2.24) is 0 Å². The molecule has 1 aliphatic rings. The Labute approximate surface area is 183 Å². The van der Waals surface area contributed by atoms with Gasteiger partial charge in [0.05, 0.1) is 0 Å². The van der Waals surface area contributed by atoms with E-state index in [0.717, 1.165) is 0 Å². The van der Waals surface area contributed by atoms with E-state index < -0.39 is 31.4 Å². The van der Waals surface area contributed by atoms with Crippen LogP contribution in [0.25, 0.3) is 0 Å². The average Bonchev–Trinajstić information content (AvgIpc) is 2.66. The molecule has 0 spiro atoms. The van der Waals surface area contributed by atoms with Crippen LogP contribution in [-0.4, -0.2) is 29.6 Å². The van der Waals surface area contributed by atoms with Crippen LogP contribution in [0.2, 0.25) is 0 Å². The predicted molar refractivity (Wildman–Crippen MR) is 112 cm³/mol. The molecule has 1 unspecified atom stereocenters. The van der Waals surface area contributed by atoms with Crippen molar-refractivity contribution in [3.63, 3.8) is 0 Å². The Morgan fingerprint density at radius 3 is 2.59 bits per heavy atom. The molecule has 1 heterocycles. The van der Waals surface area contributed by atoms with Gasteiger partial charge >= 0.3 is 183 Å². The van der Waals surface area contributed by atoms with Gasteiger partial charge in [-0.2, -0.15) is 0 Å². The number of para-hydroxylation sites is 1. The number of ether oxygens (including phenoxy) is 2. The number of imide groups is 1. The first-order chi connectivity index (χ1) is 13.7. The van der Waals surface area contributed by atoms with Gasteiger partial charge in [-0.05, 0) is 0 Å². The van der Waals surface area contributed by atoms with Gasteiger partial charge in [-0.15, -0.1) is 0 Å². The number of hydrogen-bond acceptors (Lipinski definition) is 4. The molecule has 2 amide bonds. The molecule has 5 nitrogen and oxygen atoms in total. The number of hydrogen-bond donors (Lipinski definition) is 0. The molecule has 156 valence electrons. The second kappa shape index (κ2) is 8.95. The second-order valence-electron chi connectivity index (χ2n) is 6.94. The van der Waals surface area contributed by atoms with Gasteiger partial charge in [-0.25, -0.2) is 0 Å². The Morgan fingerprint density at radius 1 is 1.28 bits per heavy atom. The minimum absolute atomic E-state index is 0.128. The van der Waals surface area contributed by atoms with E-state index >= 15 is 0 Å². The molecule has 8 heteroatoms. The van der Waals surface area contributed by atoms with E-state index in [1.54, 1.807) is 42.1 Å². The van der Waals surface area contributed by atoms with Crippen molar-refractivity contribution in [2.75, 3.05) is 12.0 Å². The van der Waals surface area contributed by atoms with E-state index in [2.05, 4.69) is 0 Å². The number of rotatable bonds is 4. The van der Waals surface area contributed by atoms with Gasteiger partial charge in [0.25, 0.3) is 0 Å². The molecule has 1 aliphatic heterocycles. The quantitative estimate of drug-likeness (QED) is 0.432. The standard InChI is InChI=1S/C21H21NO4.2ClH.Ru/c1-12(2)18-21(24)22(17-8-6-7-13(3)19(17)26-18)20(23)16-10-9-15(25-5)11-14(16)4;;;/h3,6-12,18H,1-2,4-5H3;2*1H;/q;;;+2/p-2. The summed E-state index contributed by atoms with van der Waals surface area (Å²) in [6, 6.07) is 10.4. The van der Waals surface area contributed by atoms with E-state index in [1.807, 2.05) is 26.8 Å².